The number of hydrogen-bond acceptors (Lipinski definition) is 2. The molecule has 0 spiro atoms. The minimum atomic E-state index is 0.431. The van der Waals surface area contributed by atoms with Crippen LogP contribution in [0.15, 0.2) is 24.3 Å². The van der Waals surface area contributed by atoms with Crippen molar-refractivity contribution in [1.29, 1.82) is 0 Å². The van der Waals surface area contributed by atoms with E-state index in [-0.39, 0.29) is 0 Å². The van der Waals surface area contributed by atoms with Gasteiger partial charge in [0.05, 0.1) is 0 Å². The first-order valence-electron chi connectivity index (χ1n) is 7.43. The molecule has 1 heterocycles. The highest BCUT2D eigenvalue weighted by Gasteiger charge is 2.28. The lowest BCUT2D eigenvalue weighted by Gasteiger charge is -2.26. The molecule has 2 aliphatic rings. The number of nitrogens with two attached hydrogens (primary N) is 1. The number of benzene rings is 1. The van der Waals surface area contributed by atoms with Gasteiger partial charge in [-0.3, -0.25) is 0 Å². The molecule has 18 heavy (non-hydrogen) atoms. The molecule has 0 amide bonds. The molecular weight excluding hydrogens is 220 g/mol. The molecule has 2 heteroatoms. The van der Waals surface area contributed by atoms with Crippen molar-refractivity contribution in [3.63, 3.8) is 0 Å². The number of para-hydroxylation sites is 1. The van der Waals surface area contributed by atoms with Crippen molar-refractivity contribution in [3.05, 3.63) is 29.8 Å². The van der Waals surface area contributed by atoms with Crippen LogP contribution in [-0.2, 0) is 6.42 Å². The Labute approximate surface area is 110 Å². The first kappa shape index (κ1) is 12.0. The Morgan fingerprint density at radius 2 is 2.06 bits per heavy atom. The van der Waals surface area contributed by atoms with Gasteiger partial charge in [0.2, 0.25) is 0 Å². The molecule has 0 saturated heterocycles. The summed E-state index contributed by atoms with van der Waals surface area (Å²) in [5.41, 5.74) is 9.21. The monoisotopic (exact) mass is 244 g/mol. The van der Waals surface area contributed by atoms with Crippen molar-refractivity contribution < 1.29 is 0 Å². The van der Waals surface area contributed by atoms with Crippen LogP contribution in [0.1, 0.15) is 37.7 Å². The molecule has 1 atom stereocenters. The molecule has 2 nitrogen and oxygen atoms in total. The van der Waals surface area contributed by atoms with E-state index in [2.05, 4.69) is 29.2 Å². The van der Waals surface area contributed by atoms with Crippen LogP contribution in [0.25, 0.3) is 0 Å². The summed E-state index contributed by atoms with van der Waals surface area (Å²) in [5, 5.41) is 0. The van der Waals surface area contributed by atoms with Crippen LogP contribution in [-0.4, -0.2) is 19.1 Å². The summed E-state index contributed by atoms with van der Waals surface area (Å²) in [6.45, 7) is 2.34. The summed E-state index contributed by atoms with van der Waals surface area (Å²) in [4.78, 5) is 2.56. The molecular formula is C16H24N2. The second kappa shape index (κ2) is 5.31. The zero-order chi connectivity index (χ0) is 12.4. The maximum Gasteiger partial charge on any atom is 0.0398 e. The molecule has 1 unspecified atom stereocenters. The SMILES string of the molecule is NC(CCN1CCCCc2ccccc21)C1CC1. The van der Waals surface area contributed by atoms with Gasteiger partial charge in [-0.25, -0.2) is 0 Å². The summed E-state index contributed by atoms with van der Waals surface area (Å²) in [7, 11) is 0. The maximum atomic E-state index is 6.23. The van der Waals surface area contributed by atoms with Gasteiger partial charge in [0.25, 0.3) is 0 Å². The number of hydrogen-bond donors (Lipinski definition) is 1. The van der Waals surface area contributed by atoms with Gasteiger partial charge in [-0.05, 0) is 56.1 Å². The van der Waals surface area contributed by atoms with E-state index in [0.717, 1.165) is 18.9 Å². The summed E-state index contributed by atoms with van der Waals surface area (Å²) >= 11 is 0. The van der Waals surface area contributed by atoms with Crippen LogP contribution in [0.3, 0.4) is 0 Å². The van der Waals surface area contributed by atoms with E-state index < -0.39 is 0 Å². The predicted molar refractivity (Wildman–Crippen MR) is 76.9 cm³/mol. The van der Waals surface area contributed by atoms with Crippen molar-refractivity contribution in [1.82, 2.24) is 0 Å². The Hall–Kier alpha value is -1.02. The average molecular weight is 244 g/mol. The molecule has 1 saturated carbocycles. The minimum absolute atomic E-state index is 0.431. The summed E-state index contributed by atoms with van der Waals surface area (Å²) in [6.07, 6.45) is 7.74. The number of fused-ring (bicyclic) bond motifs is 1. The molecule has 1 fully saturated rings. The highest BCUT2D eigenvalue weighted by Crippen LogP contribution is 2.33. The maximum absolute atomic E-state index is 6.23. The molecule has 1 aliphatic heterocycles. The third-order valence-corrected chi connectivity index (χ3v) is 4.42. The highest BCUT2D eigenvalue weighted by atomic mass is 15.1. The van der Waals surface area contributed by atoms with E-state index in [1.54, 1.807) is 0 Å². The molecule has 0 aromatic heterocycles. The topological polar surface area (TPSA) is 29.3 Å². The van der Waals surface area contributed by atoms with Crippen molar-refractivity contribution in [3.8, 4) is 0 Å². The van der Waals surface area contributed by atoms with Crippen LogP contribution >= 0.6 is 0 Å². The fraction of sp³-hybridized carbons (Fsp3) is 0.625. The Morgan fingerprint density at radius 1 is 1.22 bits per heavy atom. The first-order valence-corrected chi connectivity index (χ1v) is 7.43. The lowest BCUT2D eigenvalue weighted by Crippen LogP contribution is -2.32. The van der Waals surface area contributed by atoms with Gasteiger partial charge < -0.3 is 10.6 Å². The van der Waals surface area contributed by atoms with E-state index in [1.807, 2.05) is 0 Å². The second-order valence-electron chi connectivity index (χ2n) is 5.86. The third kappa shape index (κ3) is 2.69. The molecule has 1 aromatic rings. The Bertz CT molecular complexity index is 398. The molecule has 3 rings (SSSR count). The van der Waals surface area contributed by atoms with Crippen molar-refractivity contribution in [2.45, 2.75) is 44.6 Å². The smallest absolute Gasteiger partial charge is 0.0398 e. The van der Waals surface area contributed by atoms with E-state index >= 15 is 0 Å². The van der Waals surface area contributed by atoms with E-state index in [0.29, 0.717) is 6.04 Å². The van der Waals surface area contributed by atoms with Crippen LogP contribution in [0.2, 0.25) is 0 Å². The lowest BCUT2D eigenvalue weighted by atomic mass is 10.1. The predicted octanol–water partition coefficient (Wildman–Crippen LogP) is 2.96. The van der Waals surface area contributed by atoms with Crippen molar-refractivity contribution >= 4 is 5.69 Å². The summed E-state index contributed by atoms with van der Waals surface area (Å²) in [6, 6.07) is 9.33. The normalized spacial score (nSPS) is 21.3. The first-order chi connectivity index (χ1) is 8.84. The second-order valence-corrected chi connectivity index (χ2v) is 5.86. The standard InChI is InChI=1S/C16H24N2/c17-15(13-8-9-13)10-12-18-11-4-3-6-14-5-1-2-7-16(14)18/h1-2,5,7,13,15H,3-4,6,8-12,17H2. The molecule has 0 bridgehead atoms. The molecule has 1 aromatic carbocycles. The van der Waals surface area contributed by atoms with Gasteiger partial charge in [-0.15, -0.1) is 0 Å². The fourth-order valence-corrected chi connectivity index (χ4v) is 3.07. The number of aryl methyl sites for hydroxylation is 1. The number of nitrogens with zero attached hydrogens (tertiary/aromatic N) is 1. The Balaban J connectivity index is 1.67. The van der Waals surface area contributed by atoms with Gasteiger partial charge in [0.15, 0.2) is 0 Å². The lowest BCUT2D eigenvalue weighted by molar-refractivity contribution is 0.540. The quantitative estimate of drug-likeness (QED) is 0.882. The molecule has 2 N–H and O–H groups in total. The molecule has 98 valence electrons. The highest BCUT2D eigenvalue weighted by molar-refractivity contribution is 5.54. The average Bonchev–Trinajstić information content (AvgIpc) is 3.23. The fourth-order valence-electron chi connectivity index (χ4n) is 3.07. The molecule has 1 aliphatic carbocycles. The third-order valence-electron chi connectivity index (χ3n) is 4.42. The largest absolute Gasteiger partial charge is 0.371 e. The van der Waals surface area contributed by atoms with Crippen LogP contribution in [0.4, 0.5) is 5.69 Å². The van der Waals surface area contributed by atoms with Crippen molar-refractivity contribution in [2.75, 3.05) is 18.0 Å². The van der Waals surface area contributed by atoms with Gasteiger partial charge in [-0.1, -0.05) is 18.2 Å². The van der Waals surface area contributed by atoms with Gasteiger partial charge >= 0.3 is 0 Å². The zero-order valence-electron chi connectivity index (χ0n) is 11.1. The van der Waals surface area contributed by atoms with Gasteiger partial charge in [0.1, 0.15) is 0 Å². The van der Waals surface area contributed by atoms with Crippen molar-refractivity contribution in [2.24, 2.45) is 11.7 Å². The Kier molecular flexibility index (Phi) is 3.55. The van der Waals surface area contributed by atoms with Crippen LogP contribution in [0.5, 0.6) is 0 Å². The number of anilines is 1. The van der Waals surface area contributed by atoms with E-state index in [1.165, 1.54) is 49.9 Å². The van der Waals surface area contributed by atoms with Crippen LogP contribution in [0, 0.1) is 5.92 Å². The summed E-state index contributed by atoms with van der Waals surface area (Å²) < 4.78 is 0. The van der Waals surface area contributed by atoms with E-state index in [9.17, 15) is 0 Å². The minimum Gasteiger partial charge on any atom is -0.371 e. The van der Waals surface area contributed by atoms with Gasteiger partial charge in [-0.2, -0.15) is 0 Å². The summed E-state index contributed by atoms with van der Waals surface area (Å²) in [5.74, 6) is 0.826. The number of rotatable bonds is 4. The zero-order valence-corrected chi connectivity index (χ0v) is 11.1. The van der Waals surface area contributed by atoms with E-state index in [4.69, 9.17) is 5.73 Å². The van der Waals surface area contributed by atoms with Gasteiger partial charge in [0, 0.05) is 24.8 Å². The Morgan fingerprint density at radius 3 is 2.89 bits per heavy atom. The van der Waals surface area contributed by atoms with Crippen LogP contribution < -0.4 is 10.6 Å². The molecule has 0 radical (unpaired) electrons.